The van der Waals surface area contributed by atoms with Gasteiger partial charge in [-0.3, -0.25) is 9.52 Å². The van der Waals surface area contributed by atoms with Crippen molar-refractivity contribution in [3.8, 4) is 0 Å². The number of amides is 1. The summed E-state index contributed by atoms with van der Waals surface area (Å²) in [6.07, 6.45) is 4.89. The second-order valence-corrected chi connectivity index (χ2v) is 6.77. The van der Waals surface area contributed by atoms with Gasteiger partial charge in [-0.15, -0.1) is 0 Å². The monoisotopic (exact) mass is 300 g/mol. The van der Waals surface area contributed by atoms with Crippen LogP contribution in [-0.2, 0) is 10.0 Å². The summed E-state index contributed by atoms with van der Waals surface area (Å²) in [6, 6.07) is 3.48. The molecule has 5 nitrogen and oxygen atoms in total. The number of rotatable bonds is 4. The Morgan fingerprint density at radius 3 is 2.55 bits per heavy atom. The van der Waals surface area contributed by atoms with Gasteiger partial charge in [-0.2, -0.15) is 0 Å². The highest BCUT2D eigenvalue weighted by Gasteiger charge is 2.21. The van der Waals surface area contributed by atoms with Gasteiger partial charge in [-0.1, -0.05) is 12.8 Å². The Labute approximate surface area is 117 Å². The highest BCUT2D eigenvalue weighted by Crippen LogP contribution is 2.21. The average Bonchev–Trinajstić information content (AvgIpc) is 2.82. The SMILES string of the molecule is CS(=O)(=O)Nc1ccc(F)cc1C(=O)NC1CCCC1. The van der Waals surface area contributed by atoms with Crippen LogP contribution in [0.2, 0.25) is 0 Å². The second kappa shape index (κ2) is 5.78. The Kier molecular flexibility index (Phi) is 4.27. The van der Waals surface area contributed by atoms with Crippen LogP contribution >= 0.6 is 0 Å². The van der Waals surface area contributed by atoms with E-state index in [0.29, 0.717) is 0 Å². The lowest BCUT2D eigenvalue weighted by Gasteiger charge is -2.15. The third-order valence-corrected chi connectivity index (χ3v) is 3.80. The number of benzene rings is 1. The average molecular weight is 300 g/mol. The van der Waals surface area contributed by atoms with Crippen molar-refractivity contribution in [3.05, 3.63) is 29.6 Å². The number of nitrogens with one attached hydrogen (secondary N) is 2. The summed E-state index contributed by atoms with van der Waals surface area (Å²) in [6.45, 7) is 0. The van der Waals surface area contributed by atoms with Crippen molar-refractivity contribution >= 4 is 21.6 Å². The van der Waals surface area contributed by atoms with E-state index in [2.05, 4.69) is 10.0 Å². The quantitative estimate of drug-likeness (QED) is 0.891. The van der Waals surface area contributed by atoms with Gasteiger partial charge in [0.25, 0.3) is 5.91 Å². The lowest BCUT2D eigenvalue weighted by Crippen LogP contribution is -2.33. The molecule has 0 spiro atoms. The molecule has 1 amide bonds. The summed E-state index contributed by atoms with van der Waals surface area (Å²) in [5, 5.41) is 2.81. The van der Waals surface area contributed by atoms with Crippen molar-refractivity contribution in [3.63, 3.8) is 0 Å². The van der Waals surface area contributed by atoms with E-state index in [1.54, 1.807) is 0 Å². The molecular weight excluding hydrogens is 283 g/mol. The fourth-order valence-electron chi connectivity index (χ4n) is 2.33. The lowest BCUT2D eigenvalue weighted by atomic mass is 10.1. The van der Waals surface area contributed by atoms with E-state index in [1.165, 1.54) is 6.07 Å². The molecule has 0 saturated heterocycles. The fourth-order valence-corrected chi connectivity index (χ4v) is 2.90. The van der Waals surface area contributed by atoms with Crippen molar-refractivity contribution in [1.82, 2.24) is 5.32 Å². The number of carbonyl (C=O) groups excluding carboxylic acids is 1. The van der Waals surface area contributed by atoms with Crippen molar-refractivity contribution in [2.75, 3.05) is 11.0 Å². The summed E-state index contributed by atoms with van der Waals surface area (Å²) in [4.78, 5) is 12.1. The molecule has 0 atom stereocenters. The van der Waals surface area contributed by atoms with Gasteiger partial charge in [0.05, 0.1) is 17.5 Å². The van der Waals surface area contributed by atoms with Gasteiger partial charge in [0.2, 0.25) is 10.0 Å². The van der Waals surface area contributed by atoms with Gasteiger partial charge in [0.15, 0.2) is 0 Å². The van der Waals surface area contributed by atoms with E-state index in [0.717, 1.165) is 44.1 Å². The summed E-state index contributed by atoms with van der Waals surface area (Å²) in [5.74, 6) is -1.04. The molecule has 0 heterocycles. The predicted octanol–water partition coefficient (Wildman–Crippen LogP) is 1.87. The van der Waals surface area contributed by atoms with Crippen LogP contribution in [0, 0.1) is 5.82 Å². The largest absolute Gasteiger partial charge is 0.349 e. The minimum Gasteiger partial charge on any atom is -0.349 e. The zero-order valence-corrected chi connectivity index (χ0v) is 12.0. The maximum absolute atomic E-state index is 13.3. The van der Waals surface area contributed by atoms with Crippen LogP contribution in [0.1, 0.15) is 36.0 Å². The third kappa shape index (κ3) is 3.93. The number of sulfonamides is 1. The molecule has 7 heteroatoms. The molecule has 1 saturated carbocycles. The fraction of sp³-hybridized carbons (Fsp3) is 0.462. The van der Waals surface area contributed by atoms with Crippen LogP contribution in [0.15, 0.2) is 18.2 Å². The summed E-state index contributed by atoms with van der Waals surface area (Å²) in [7, 11) is -3.53. The number of carbonyl (C=O) groups is 1. The van der Waals surface area contributed by atoms with E-state index < -0.39 is 21.7 Å². The third-order valence-electron chi connectivity index (χ3n) is 3.21. The number of hydrogen-bond acceptors (Lipinski definition) is 3. The maximum Gasteiger partial charge on any atom is 0.253 e. The summed E-state index contributed by atoms with van der Waals surface area (Å²) >= 11 is 0. The molecule has 0 radical (unpaired) electrons. The van der Waals surface area contributed by atoms with Crippen LogP contribution in [0.4, 0.5) is 10.1 Å². The Balaban J connectivity index is 2.23. The van der Waals surface area contributed by atoms with E-state index in [-0.39, 0.29) is 17.3 Å². The Bertz CT molecular complexity index is 610. The Morgan fingerprint density at radius 1 is 1.30 bits per heavy atom. The topological polar surface area (TPSA) is 75.3 Å². The molecule has 0 unspecified atom stereocenters. The van der Waals surface area contributed by atoms with Crippen molar-refractivity contribution in [2.24, 2.45) is 0 Å². The van der Waals surface area contributed by atoms with Crippen LogP contribution in [0.5, 0.6) is 0 Å². The lowest BCUT2D eigenvalue weighted by molar-refractivity contribution is 0.0938. The van der Waals surface area contributed by atoms with E-state index in [1.807, 2.05) is 0 Å². The van der Waals surface area contributed by atoms with Crippen LogP contribution in [0.25, 0.3) is 0 Å². The van der Waals surface area contributed by atoms with Crippen molar-refractivity contribution < 1.29 is 17.6 Å². The van der Waals surface area contributed by atoms with E-state index in [9.17, 15) is 17.6 Å². The molecule has 0 bridgehead atoms. The number of halogens is 1. The molecule has 0 aliphatic heterocycles. The normalized spacial score (nSPS) is 16.1. The highest BCUT2D eigenvalue weighted by atomic mass is 32.2. The first kappa shape index (κ1) is 14.8. The van der Waals surface area contributed by atoms with Gasteiger partial charge in [-0.05, 0) is 31.0 Å². The Hall–Kier alpha value is -1.63. The molecular formula is C13H17FN2O3S. The van der Waals surface area contributed by atoms with Crippen LogP contribution in [0.3, 0.4) is 0 Å². The molecule has 2 N–H and O–H groups in total. The van der Waals surface area contributed by atoms with Gasteiger partial charge >= 0.3 is 0 Å². The minimum absolute atomic E-state index is 0.00215. The van der Waals surface area contributed by atoms with Gasteiger partial charge < -0.3 is 5.32 Å². The number of hydrogen-bond donors (Lipinski definition) is 2. The van der Waals surface area contributed by atoms with Crippen molar-refractivity contribution in [1.29, 1.82) is 0 Å². The summed E-state index contributed by atoms with van der Waals surface area (Å²) < 4.78 is 38.1. The van der Waals surface area contributed by atoms with E-state index in [4.69, 9.17) is 0 Å². The smallest absolute Gasteiger partial charge is 0.253 e. The van der Waals surface area contributed by atoms with Crippen molar-refractivity contribution in [2.45, 2.75) is 31.7 Å². The minimum atomic E-state index is -3.53. The second-order valence-electron chi connectivity index (χ2n) is 5.02. The molecule has 0 aromatic heterocycles. The molecule has 1 aromatic rings. The maximum atomic E-state index is 13.3. The van der Waals surface area contributed by atoms with Gasteiger partial charge in [0.1, 0.15) is 5.82 Å². The zero-order valence-electron chi connectivity index (χ0n) is 11.1. The molecule has 20 heavy (non-hydrogen) atoms. The van der Waals surface area contributed by atoms with Gasteiger partial charge in [-0.25, -0.2) is 12.8 Å². The molecule has 1 aliphatic carbocycles. The molecule has 1 aliphatic rings. The first-order valence-corrected chi connectivity index (χ1v) is 8.32. The first-order chi connectivity index (χ1) is 9.35. The predicted molar refractivity (Wildman–Crippen MR) is 74.6 cm³/mol. The van der Waals surface area contributed by atoms with E-state index >= 15 is 0 Å². The van der Waals surface area contributed by atoms with Crippen LogP contribution in [-0.4, -0.2) is 26.6 Å². The molecule has 110 valence electrons. The highest BCUT2D eigenvalue weighted by molar-refractivity contribution is 7.92. The summed E-state index contributed by atoms with van der Waals surface area (Å²) in [5.41, 5.74) is 0.0896. The molecule has 1 fully saturated rings. The van der Waals surface area contributed by atoms with Crippen LogP contribution < -0.4 is 10.0 Å². The first-order valence-electron chi connectivity index (χ1n) is 6.43. The Morgan fingerprint density at radius 2 is 1.95 bits per heavy atom. The standard InChI is InChI=1S/C13H17FN2O3S/c1-20(18,19)16-12-7-6-9(14)8-11(12)13(17)15-10-4-2-3-5-10/h6-8,10,16H,2-5H2,1H3,(H,15,17). The number of anilines is 1. The van der Waals surface area contributed by atoms with Gasteiger partial charge in [0, 0.05) is 6.04 Å². The molecule has 2 rings (SSSR count). The molecule has 1 aromatic carbocycles. The zero-order chi connectivity index (χ0) is 14.8.